The minimum atomic E-state index is 0.0946. The Balaban J connectivity index is 3.22. The van der Waals surface area contributed by atoms with Crippen LogP contribution in [0, 0.1) is 5.92 Å². The molecule has 12 heavy (non-hydrogen) atoms. The molecule has 0 aromatic heterocycles. The van der Waals surface area contributed by atoms with E-state index < -0.39 is 0 Å². The van der Waals surface area contributed by atoms with Crippen molar-refractivity contribution in [1.29, 1.82) is 0 Å². The molecule has 0 spiro atoms. The normalized spacial score (nSPS) is 10.3. The zero-order valence-electron chi connectivity index (χ0n) is 8.31. The molecule has 0 aliphatic carbocycles. The Morgan fingerprint density at radius 1 is 1.42 bits per heavy atom. The summed E-state index contributed by atoms with van der Waals surface area (Å²) in [6, 6.07) is 0. The van der Waals surface area contributed by atoms with Gasteiger partial charge in [0.2, 0.25) is 5.91 Å². The Morgan fingerprint density at radius 2 is 2.08 bits per heavy atom. The second-order valence-electron chi connectivity index (χ2n) is 3.37. The van der Waals surface area contributed by atoms with Crippen LogP contribution in [0.15, 0.2) is 0 Å². The van der Waals surface area contributed by atoms with Crippen LogP contribution in [0.4, 0.5) is 0 Å². The molecule has 0 atom stereocenters. The van der Waals surface area contributed by atoms with E-state index in [0.717, 1.165) is 19.5 Å². The average molecular weight is 172 g/mol. The van der Waals surface area contributed by atoms with Crippen molar-refractivity contribution in [3.63, 3.8) is 0 Å². The van der Waals surface area contributed by atoms with Crippen LogP contribution in [-0.2, 0) is 4.79 Å². The van der Waals surface area contributed by atoms with Gasteiger partial charge in [-0.1, -0.05) is 20.8 Å². The van der Waals surface area contributed by atoms with Gasteiger partial charge < -0.3 is 10.6 Å². The molecule has 72 valence electrons. The summed E-state index contributed by atoms with van der Waals surface area (Å²) in [5.41, 5.74) is 0. The molecule has 0 fully saturated rings. The number of hydrogen-bond donors (Lipinski definition) is 2. The Hall–Kier alpha value is -0.570. The lowest BCUT2D eigenvalue weighted by Gasteiger charge is -2.07. The van der Waals surface area contributed by atoms with E-state index in [1.54, 1.807) is 0 Å². The molecule has 0 bridgehead atoms. The number of carbonyl (C=O) groups excluding carboxylic acids is 1. The molecule has 3 nitrogen and oxygen atoms in total. The molecular weight excluding hydrogens is 152 g/mol. The topological polar surface area (TPSA) is 41.1 Å². The van der Waals surface area contributed by atoms with Crippen LogP contribution >= 0.6 is 0 Å². The van der Waals surface area contributed by atoms with Gasteiger partial charge in [0.1, 0.15) is 0 Å². The highest BCUT2D eigenvalue weighted by molar-refractivity contribution is 5.77. The van der Waals surface area contributed by atoms with Crippen LogP contribution < -0.4 is 10.6 Å². The lowest BCUT2D eigenvalue weighted by atomic mass is 10.2. The van der Waals surface area contributed by atoms with Crippen molar-refractivity contribution in [1.82, 2.24) is 10.6 Å². The van der Waals surface area contributed by atoms with Crippen LogP contribution in [0.3, 0.4) is 0 Å². The summed E-state index contributed by atoms with van der Waals surface area (Å²) in [5, 5.41) is 5.89. The van der Waals surface area contributed by atoms with Crippen molar-refractivity contribution in [2.75, 3.05) is 19.6 Å². The maximum absolute atomic E-state index is 11.0. The highest BCUT2D eigenvalue weighted by Crippen LogP contribution is 1.86. The lowest BCUT2D eigenvalue weighted by Crippen LogP contribution is -2.35. The Labute approximate surface area is 74.9 Å². The van der Waals surface area contributed by atoms with Gasteiger partial charge in [0, 0.05) is 6.54 Å². The predicted molar refractivity (Wildman–Crippen MR) is 51.0 cm³/mol. The van der Waals surface area contributed by atoms with Gasteiger partial charge >= 0.3 is 0 Å². The van der Waals surface area contributed by atoms with Crippen molar-refractivity contribution in [2.24, 2.45) is 5.92 Å². The number of amides is 1. The fraction of sp³-hybridized carbons (Fsp3) is 0.889. The largest absolute Gasteiger partial charge is 0.355 e. The van der Waals surface area contributed by atoms with Crippen molar-refractivity contribution in [2.45, 2.75) is 27.2 Å². The summed E-state index contributed by atoms with van der Waals surface area (Å²) in [6.45, 7) is 8.38. The molecule has 0 saturated carbocycles. The van der Waals surface area contributed by atoms with Crippen LogP contribution in [0.1, 0.15) is 27.2 Å². The summed E-state index contributed by atoms with van der Waals surface area (Å²) in [6.07, 6.45) is 1.07. The van der Waals surface area contributed by atoms with Crippen LogP contribution in [-0.4, -0.2) is 25.5 Å². The van der Waals surface area contributed by atoms with Crippen LogP contribution in [0.25, 0.3) is 0 Å². The standard InChI is InChI=1S/C9H20N2O/c1-4-5-10-7-9(12)11-6-8(2)3/h8,10H,4-7H2,1-3H3,(H,11,12). The van der Waals surface area contributed by atoms with Gasteiger partial charge in [-0.25, -0.2) is 0 Å². The van der Waals surface area contributed by atoms with Crippen molar-refractivity contribution in [3.05, 3.63) is 0 Å². The molecule has 0 radical (unpaired) electrons. The van der Waals surface area contributed by atoms with Gasteiger partial charge in [-0.15, -0.1) is 0 Å². The molecule has 0 aliphatic heterocycles. The van der Waals surface area contributed by atoms with E-state index in [1.165, 1.54) is 0 Å². The molecule has 0 saturated heterocycles. The maximum atomic E-state index is 11.0. The van der Waals surface area contributed by atoms with Gasteiger partial charge in [0.25, 0.3) is 0 Å². The molecular formula is C9H20N2O. The van der Waals surface area contributed by atoms with Crippen LogP contribution in [0.2, 0.25) is 0 Å². The van der Waals surface area contributed by atoms with E-state index >= 15 is 0 Å². The fourth-order valence-electron chi connectivity index (χ4n) is 0.759. The molecule has 0 rings (SSSR count). The summed E-state index contributed by atoms with van der Waals surface area (Å²) in [4.78, 5) is 11.0. The molecule has 2 N–H and O–H groups in total. The first-order chi connectivity index (χ1) is 5.66. The monoisotopic (exact) mass is 172 g/mol. The van der Waals surface area contributed by atoms with Gasteiger partial charge in [-0.3, -0.25) is 4.79 Å². The summed E-state index contributed by atoms with van der Waals surface area (Å²) >= 11 is 0. The molecule has 0 aromatic rings. The predicted octanol–water partition coefficient (Wildman–Crippen LogP) is 0.758. The summed E-state index contributed by atoms with van der Waals surface area (Å²) in [7, 11) is 0. The number of carbonyl (C=O) groups is 1. The first-order valence-electron chi connectivity index (χ1n) is 4.64. The zero-order valence-corrected chi connectivity index (χ0v) is 8.31. The second-order valence-corrected chi connectivity index (χ2v) is 3.37. The molecule has 0 aliphatic rings. The molecule has 1 amide bonds. The number of nitrogens with one attached hydrogen (secondary N) is 2. The Bertz CT molecular complexity index is 124. The smallest absolute Gasteiger partial charge is 0.233 e. The van der Waals surface area contributed by atoms with Gasteiger partial charge in [0.05, 0.1) is 6.54 Å². The van der Waals surface area contributed by atoms with Gasteiger partial charge in [-0.05, 0) is 18.9 Å². The van der Waals surface area contributed by atoms with Crippen molar-refractivity contribution in [3.8, 4) is 0 Å². The minimum Gasteiger partial charge on any atom is -0.355 e. The first-order valence-corrected chi connectivity index (χ1v) is 4.64. The molecule has 3 heteroatoms. The third kappa shape index (κ3) is 7.54. The van der Waals surface area contributed by atoms with Crippen molar-refractivity contribution >= 4 is 5.91 Å². The number of rotatable bonds is 6. The quantitative estimate of drug-likeness (QED) is 0.581. The second kappa shape index (κ2) is 7.10. The third-order valence-corrected chi connectivity index (χ3v) is 1.42. The minimum absolute atomic E-state index is 0.0946. The Morgan fingerprint density at radius 3 is 2.58 bits per heavy atom. The highest BCUT2D eigenvalue weighted by atomic mass is 16.1. The summed E-state index contributed by atoms with van der Waals surface area (Å²) in [5.74, 6) is 0.622. The summed E-state index contributed by atoms with van der Waals surface area (Å²) < 4.78 is 0. The van der Waals surface area contributed by atoms with Gasteiger partial charge in [-0.2, -0.15) is 0 Å². The molecule has 0 unspecified atom stereocenters. The maximum Gasteiger partial charge on any atom is 0.233 e. The zero-order chi connectivity index (χ0) is 9.40. The lowest BCUT2D eigenvalue weighted by molar-refractivity contribution is -0.120. The molecule has 0 aromatic carbocycles. The highest BCUT2D eigenvalue weighted by Gasteiger charge is 1.99. The first kappa shape index (κ1) is 11.4. The van der Waals surface area contributed by atoms with E-state index in [-0.39, 0.29) is 5.91 Å². The average Bonchev–Trinajstić information content (AvgIpc) is 2.01. The SMILES string of the molecule is CCCNCC(=O)NCC(C)C. The van der Waals surface area contributed by atoms with E-state index in [1.807, 2.05) is 0 Å². The van der Waals surface area contributed by atoms with Gasteiger partial charge in [0.15, 0.2) is 0 Å². The van der Waals surface area contributed by atoms with E-state index in [4.69, 9.17) is 0 Å². The molecule has 0 heterocycles. The fourth-order valence-corrected chi connectivity index (χ4v) is 0.759. The van der Waals surface area contributed by atoms with E-state index in [2.05, 4.69) is 31.4 Å². The Kier molecular flexibility index (Phi) is 6.76. The third-order valence-electron chi connectivity index (χ3n) is 1.42. The van der Waals surface area contributed by atoms with E-state index in [0.29, 0.717) is 12.5 Å². The van der Waals surface area contributed by atoms with E-state index in [9.17, 15) is 4.79 Å². The van der Waals surface area contributed by atoms with Crippen molar-refractivity contribution < 1.29 is 4.79 Å². The van der Waals surface area contributed by atoms with Crippen LogP contribution in [0.5, 0.6) is 0 Å². The number of hydrogen-bond acceptors (Lipinski definition) is 2.